The second-order valence-corrected chi connectivity index (χ2v) is 6.23. The van der Waals surface area contributed by atoms with E-state index < -0.39 is 0 Å². The van der Waals surface area contributed by atoms with Gasteiger partial charge in [-0.2, -0.15) is 0 Å². The molecule has 1 aromatic carbocycles. The van der Waals surface area contributed by atoms with E-state index in [0.717, 1.165) is 50.1 Å². The normalized spacial score (nSPS) is 16.0. The summed E-state index contributed by atoms with van der Waals surface area (Å²) in [4.78, 5) is 6.81. The molecule has 136 valence electrons. The number of ether oxygens (including phenoxy) is 1. The van der Waals surface area contributed by atoms with E-state index in [9.17, 15) is 0 Å². The zero-order valence-electron chi connectivity index (χ0n) is 15.2. The predicted molar refractivity (Wildman–Crippen MR) is 113 cm³/mol. The van der Waals surface area contributed by atoms with Gasteiger partial charge >= 0.3 is 0 Å². The number of piperidine rings is 1. The van der Waals surface area contributed by atoms with Crippen LogP contribution in [-0.2, 0) is 0 Å². The smallest absolute Gasteiger partial charge is 0.193 e. The number of likely N-dealkylation sites (tertiary alicyclic amines) is 1. The molecule has 0 aliphatic carbocycles. The number of para-hydroxylation sites is 1. The van der Waals surface area contributed by atoms with Gasteiger partial charge in [-0.3, -0.25) is 4.99 Å². The first-order valence-corrected chi connectivity index (χ1v) is 8.94. The molecule has 0 aromatic heterocycles. The number of benzene rings is 1. The van der Waals surface area contributed by atoms with Gasteiger partial charge in [0.15, 0.2) is 5.96 Å². The Morgan fingerprint density at radius 3 is 2.38 bits per heavy atom. The molecule has 24 heavy (non-hydrogen) atoms. The van der Waals surface area contributed by atoms with Crippen molar-refractivity contribution in [3.63, 3.8) is 0 Å². The maximum atomic E-state index is 6.06. The summed E-state index contributed by atoms with van der Waals surface area (Å²) in [5, 5.41) is 3.54. The fourth-order valence-corrected chi connectivity index (χ4v) is 3.02. The third-order valence-electron chi connectivity index (χ3n) is 4.70. The van der Waals surface area contributed by atoms with Crippen LogP contribution in [0, 0.1) is 5.92 Å². The maximum absolute atomic E-state index is 6.06. The molecule has 1 N–H and O–H groups in total. The molecule has 0 amide bonds. The highest BCUT2D eigenvalue weighted by Gasteiger charge is 2.22. The molecule has 1 aromatic rings. The average Bonchev–Trinajstić information content (AvgIpc) is 2.61. The van der Waals surface area contributed by atoms with Crippen molar-refractivity contribution in [2.75, 3.05) is 26.7 Å². The van der Waals surface area contributed by atoms with Crippen molar-refractivity contribution in [2.24, 2.45) is 10.9 Å². The second-order valence-electron chi connectivity index (χ2n) is 6.23. The van der Waals surface area contributed by atoms with E-state index in [1.807, 2.05) is 37.4 Å². The van der Waals surface area contributed by atoms with Gasteiger partial charge in [-0.15, -0.1) is 24.0 Å². The molecule has 0 spiro atoms. The Hall–Kier alpha value is -0.980. The van der Waals surface area contributed by atoms with Gasteiger partial charge in [0, 0.05) is 39.5 Å². The van der Waals surface area contributed by atoms with Crippen LogP contribution in [0.5, 0.6) is 5.75 Å². The van der Waals surface area contributed by atoms with Gasteiger partial charge in [0.25, 0.3) is 0 Å². The first-order valence-electron chi connectivity index (χ1n) is 8.94. The summed E-state index contributed by atoms with van der Waals surface area (Å²) in [5.74, 6) is 2.74. The highest BCUT2D eigenvalue weighted by Crippen LogP contribution is 2.18. The molecule has 0 saturated carbocycles. The van der Waals surface area contributed by atoms with E-state index in [1.165, 1.54) is 12.8 Å². The first kappa shape index (κ1) is 21.1. The molecule has 1 aliphatic rings. The van der Waals surface area contributed by atoms with Gasteiger partial charge < -0.3 is 15.0 Å². The number of nitrogens with one attached hydrogen (secondary N) is 1. The number of rotatable bonds is 6. The molecule has 1 aliphatic heterocycles. The van der Waals surface area contributed by atoms with Crippen molar-refractivity contribution in [3.8, 4) is 5.75 Å². The summed E-state index contributed by atoms with van der Waals surface area (Å²) in [5.41, 5.74) is 0. The zero-order valence-corrected chi connectivity index (χ0v) is 17.5. The molecule has 4 nitrogen and oxygen atoms in total. The molecule has 1 saturated heterocycles. The zero-order chi connectivity index (χ0) is 16.5. The molecule has 0 radical (unpaired) electrons. The summed E-state index contributed by atoms with van der Waals surface area (Å²) < 4.78 is 6.06. The minimum Gasteiger partial charge on any atom is -0.490 e. The van der Waals surface area contributed by atoms with Crippen molar-refractivity contribution in [1.82, 2.24) is 10.2 Å². The molecule has 1 heterocycles. The molecule has 2 rings (SSSR count). The van der Waals surface area contributed by atoms with Crippen LogP contribution < -0.4 is 10.1 Å². The van der Waals surface area contributed by atoms with Crippen LogP contribution in [0.2, 0.25) is 0 Å². The van der Waals surface area contributed by atoms with Crippen molar-refractivity contribution in [1.29, 1.82) is 0 Å². The lowest BCUT2D eigenvalue weighted by molar-refractivity contribution is 0.129. The molecule has 0 unspecified atom stereocenters. The van der Waals surface area contributed by atoms with Gasteiger partial charge in [-0.05, 0) is 18.1 Å². The van der Waals surface area contributed by atoms with E-state index in [1.54, 1.807) is 0 Å². The Morgan fingerprint density at radius 1 is 1.21 bits per heavy atom. The number of hydrogen-bond donors (Lipinski definition) is 1. The largest absolute Gasteiger partial charge is 0.490 e. The number of aliphatic imine (C=N–C) groups is 1. The third kappa shape index (κ3) is 6.49. The van der Waals surface area contributed by atoms with Gasteiger partial charge in [0.2, 0.25) is 0 Å². The van der Waals surface area contributed by atoms with Crippen LogP contribution in [-0.4, -0.2) is 43.6 Å². The van der Waals surface area contributed by atoms with Crippen LogP contribution in [0.4, 0.5) is 0 Å². The Bertz CT molecular complexity index is 469. The van der Waals surface area contributed by atoms with Crippen LogP contribution in [0.15, 0.2) is 35.3 Å². The summed E-state index contributed by atoms with van der Waals surface area (Å²) >= 11 is 0. The Balaban J connectivity index is 0.00000288. The Labute approximate surface area is 164 Å². The van der Waals surface area contributed by atoms with Crippen molar-refractivity contribution in [3.05, 3.63) is 30.3 Å². The summed E-state index contributed by atoms with van der Waals surface area (Å²) in [6, 6.07) is 10.1. The molecular formula is C19H32IN3O. The lowest BCUT2D eigenvalue weighted by Crippen LogP contribution is -2.48. The molecule has 0 atom stereocenters. The summed E-state index contributed by atoms with van der Waals surface area (Å²) in [6.07, 6.45) is 4.83. The van der Waals surface area contributed by atoms with Gasteiger partial charge in [-0.1, -0.05) is 44.9 Å². The predicted octanol–water partition coefficient (Wildman–Crippen LogP) is 4.16. The van der Waals surface area contributed by atoms with E-state index in [0.29, 0.717) is 6.10 Å². The highest BCUT2D eigenvalue weighted by atomic mass is 127. The van der Waals surface area contributed by atoms with E-state index in [4.69, 9.17) is 4.74 Å². The van der Waals surface area contributed by atoms with Crippen molar-refractivity contribution >= 4 is 29.9 Å². The monoisotopic (exact) mass is 445 g/mol. The van der Waals surface area contributed by atoms with Crippen molar-refractivity contribution < 1.29 is 4.74 Å². The van der Waals surface area contributed by atoms with Gasteiger partial charge in [0.05, 0.1) is 0 Å². The van der Waals surface area contributed by atoms with Crippen LogP contribution >= 0.6 is 24.0 Å². The van der Waals surface area contributed by atoms with Crippen LogP contribution in [0.3, 0.4) is 0 Å². The maximum Gasteiger partial charge on any atom is 0.193 e. The van der Waals surface area contributed by atoms with Crippen LogP contribution in [0.25, 0.3) is 0 Å². The lowest BCUT2D eigenvalue weighted by atomic mass is 10.0. The van der Waals surface area contributed by atoms with Crippen LogP contribution in [0.1, 0.15) is 39.5 Å². The molecule has 1 fully saturated rings. The highest BCUT2D eigenvalue weighted by molar-refractivity contribution is 14.0. The Kier molecular flexibility index (Phi) is 10.1. The van der Waals surface area contributed by atoms with E-state index in [2.05, 4.69) is 29.1 Å². The fourth-order valence-electron chi connectivity index (χ4n) is 3.02. The molecular weight excluding hydrogens is 413 g/mol. The number of guanidine groups is 1. The SMILES string of the molecule is CCC(CC)CNC(=NC)N1CCC(Oc2ccccc2)CC1.I. The second kappa shape index (κ2) is 11.6. The number of halogens is 1. The van der Waals surface area contributed by atoms with Crippen molar-refractivity contribution in [2.45, 2.75) is 45.6 Å². The van der Waals surface area contributed by atoms with Gasteiger partial charge in [0.1, 0.15) is 11.9 Å². The molecule has 5 heteroatoms. The topological polar surface area (TPSA) is 36.9 Å². The first-order chi connectivity index (χ1) is 11.3. The fraction of sp³-hybridized carbons (Fsp3) is 0.632. The van der Waals surface area contributed by atoms with Gasteiger partial charge in [-0.25, -0.2) is 0 Å². The van der Waals surface area contributed by atoms with E-state index >= 15 is 0 Å². The Morgan fingerprint density at radius 2 is 1.83 bits per heavy atom. The lowest BCUT2D eigenvalue weighted by Gasteiger charge is -2.34. The minimum absolute atomic E-state index is 0. The number of nitrogens with zero attached hydrogens (tertiary/aromatic N) is 2. The standard InChI is InChI=1S/C19H31N3O.HI/c1-4-16(5-2)15-21-19(20-3)22-13-11-18(12-14-22)23-17-9-7-6-8-10-17;/h6-10,16,18H,4-5,11-15H2,1-3H3,(H,20,21);1H. The summed E-state index contributed by atoms with van der Waals surface area (Å²) in [6.45, 7) is 7.52. The third-order valence-corrected chi connectivity index (χ3v) is 4.70. The molecule has 0 bridgehead atoms. The number of hydrogen-bond acceptors (Lipinski definition) is 2. The quantitative estimate of drug-likeness (QED) is 0.406. The average molecular weight is 445 g/mol. The summed E-state index contributed by atoms with van der Waals surface area (Å²) in [7, 11) is 1.88. The van der Waals surface area contributed by atoms with E-state index in [-0.39, 0.29) is 24.0 Å². The minimum atomic E-state index is 0.